The fraction of sp³-hybridized carbons (Fsp3) is 0.214. The van der Waals surface area contributed by atoms with Gasteiger partial charge in [-0.1, -0.05) is 40.2 Å². The molecule has 0 bridgehead atoms. The second-order valence-electron chi connectivity index (χ2n) is 3.95. The van der Waals surface area contributed by atoms with Crippen LogP contribution in [0.4, 0.5) is 0 Å². The predicted molar refractivity (Wildman–Crippen MR) is 81.1 cm³/mol. The molecule has 1 N–H and O–H groups in total. The third-order valence-electron chi connectivity index (χ3n) is 2.69. The summed E-state index contributed by atoms with van der Waals surface area (Å²) in [7, 11) is 1.57. The van der Waals surface area contributed by atoms with E-state index in [1.807, 2.05) is 29.6 Å². The Morgan fingerprint density at radius 2 is 1.95 bits per heavy atom. The van der Waals surface area contributed by atoms with Crippen LogP contribution >= 0.6 is 27.3 Å². The number of ether oxygens (including phenoxy) is 1. The maximum atomic E-state index is 12.0. The van der Waals surface area contributed by atoms with Crippen molar-refractivity contribution < 1.29 is 9.53 Å². The summed E-state index contributed by atoms with van der Waals surface area (Å²) in [6.07, 6.45) is 0. The lowest BCUT2D eigenvalue weighted by molar-refractivity contribution is 0.0952. The van der Waals surface area contributed by atoms with Crippen LogP contribution in [0, 0.1) is 0 Å². The molecule has 2 rings (SSSR count). The van der Waals surface area contributed by atoms with Gasteiger partial charge in [0.1, 0.15) is 10.6 Å². The van der Waals surface area contributed by atoms with Crippen molar-refractivity contribution in [3.05, 3.63) is 51.7 Å². The molecule has 5 heteroatoms. The molecule has 0 unspecified atom stereocenters. The second kappa shape index (κ2) is 6.73. The molecule has 1 aromatic carbocycles. The van der Waals surface area contributed by atoms with Crippen LogP contribution in [-0.4, -0.2) is 13.0 Å². The molecule has 3 nitrogen and oxygen atoms in total. The number of rotatable bonds is 5. The highest BCUT2D eigenvalue weighted by atomic mass is 79.9. The van der Waals surface area contributed by atoms with E-state index in [9.17, 15) is 4.79 Å². The van der Waals surface area contributed by atoms with Crippen molar-refractivity contribution in [2.45, 2.75) is 11.9 Å². The molecule has 0 aliphatic heterocycles. The highest BCUT2D eigenvalue weighted by Gasteiger charge is 2.13. The molecule has 0 atom stereocenters. The Balaban J connectivity index is 1.96. The number of nitrogens with one attached hydrogen (secondary N) is 1. The van der Waals surface area contributed by atoms with Crippen molar-refractivity contribution in [1.82, 2.24) is 5.32 Å². The molecule has 2 aromatic rings. The van der Waals surface area contributed by atoms with Gasteiger partial charge in [0.25, 0.3) is 5.91 Å². The van der Waals surface area contributed by atoms with Gasteiger partial charge in [0.05, 0.1) is 7.11 Å². The van der Waals surface area contributed by atoms with Crippen molar-refractivity contribution in [2.75, 3.05) is 7.11 Å². The number of methoxy groups -OCH3 is 1. The molecule has 0 saturated carbocycles. The van der Waals surface area contributed by atoms with Crippen molar-refractivity contribution in [3.8, 4) is 5.75 Å². The minimum atomic E-state index is -0.101. The quantitative estimate of drug-likeness (QED) is 0.845. The van der Waals surface area contributed by atoms with E-state index >= 15 is 0 Å². The number of halogens is 1. The highest BCUT2D eigenvalue weighted by molar-refractivity contribution is 9.08. The average molecular weight is 340 g/mol. The van der Waals surface area contributed by atoms with Gasteiger partial charge >= 0.3 is 0 Å². The van der Waals surface area contributed by atoms with Gasteiger partial charge in [-0.2, -0.15) is 0 Å². The molecule has 0 saturated heterocycles. The smallest absolute Gasteiger partial charge is 0.265 e. The van der Waals surface area contributed by atoms with Crippen LogP contribution in [0.25, 0.3) is 0 Å². The number of carbonyl (C=O) groups is 1. The van der Waals surface area contributed by atoms with E-state index in [-0.39, 0.29) is 5.91 Å². The van der Waals surface area contributed by atoms with E-state index in [0.717, 1.165) is 10.9 Å². The number of benzene rings is 1. The molecule has 0 fully saturated rings. The minimum absolute atomic E-state index is 0.101. The number of alkyl halides is 1. The summed E-state index contributed by atoms with van der Waals surface area (Å²) in [5.41, 5.74) is 2.29. The summed E-state index contributed by atoms with van der Waals surface area (Å²) < 4.78 is 5.13. The summed E-state index contributed by atoms with van der Waals surface area (Å²) in [5, 5.41) is 5.58. The van der Waals surface area contributed by atoms with Gasteiger partial charge in [0, 0.05) is 11.9 Å². The maximum Gasteiger partial charge on any atom is 0.265 e. The second-order valence-corrected chi connectivity index (χ2v) is 5.43. The Morgan fingerprint density at radius 3 is 2.58 bits per heavy atom. The first kappa shape index (κ1) is 14.1. The lowest BCUT2D eigenvalue weighted by Crippen LogP contribution is -2.22. The van der Waals surface area contributed by atoms with Gasteiger partial charge in [-0.05, 0) is 22.6 Å². The zero-order valence-electron chi connectivity index (χ0n) is 10.5. The summed E-state index contributed by atoms with van der Waals surface area (Å²) in [4.78, 5) is 12.6. The largest absolute Gasteiger partial charge is 0.495 e. The predicted octanol–water partition coefficient (Wildman–Crippen LogP) is 3.58. The first-order valence-electron chi connectivity index (χ1n) is 5.78. The van der Waals surface area contributed by atoms with Crippen LogP contribution in [0.5, 0.6) is 5.75 Å². The Labute approximate surface area is 124 Å². The molecular weight excluding hydrogens is 326 g/mol. The van der Waals surface area contributed by atoms with Crippen molar-refractivity contribution >= 4 is 33.2 Å². The lowest BCUT2D eigenvalue weighted by atomic mass is 10.1. The zero-order valence-corrected chi connectivity index (χ0v) is 12.9. The molecule has 0 spiro atoms. The van der Waals surface area contributed by atoms with Gasteiger partial charge in [-0.3, -0.25) is 4.79 Å². The third-order valence-corrected chi connectivity index (χ3v) is 4.23. The van der Waals surface area contributed by atoms with Crippen LogP contribution in [0.2, 0.25) is 0 Å². The SMILES string of the molecule is COc1ccsc1C(=O)NCc1ccc(CBr)cc1. The van der Waals surface area contributed by atoms with Crippen LogP contribution < -0.4 is 10.1 Å². The van der Waals surface area contributed by atoms with Gasteiger partial charge in [-0.25, -0.2) is 0 Å². The molecule has 0 radical (unpaired) electrons. The standard InChI is InChI=1S/C14H14BrNO2S/c1-18-12-6-7-19-13(12)14(17)16-9-11-4-2-10(8-15)3-5-11/h2-7H,8-9H2,1H3,(H,16,17). The monoisotopic (exact) mass is 339 g/mol. The molecule has 19 heavy (non-hydrogen) atoms. The molecule has 1 aromatic heterocycles. The Bertz CT molecular complexity index is 551. The summed E-state index contributed by atoms with van der Waals surface area (Å²) in [6.45, 7) is 0.516. The normalized spacial score (nSPS) is 10.2. The van der Waals surface area contributed by atoms with Crippen molar-refractivity contribution in [1.29, 1.82) is 0 Å². The Hall–Kier alpha value is -1.33. The summed E-state index contributed by atoms with van der Waals surface area (Å²) in [6, 6.07) is 9.92. The van der Waals surface area contributed by atoms with Crippen LogP contribution in [0.1, 0.15) is 20.8 Å². The molecule has 1 heterocycles. The minimum Gasteiger partial charge on any atom is -0.495 e. The number of amides is 1. The molecule has 1 amide bonds. The molecular formula is C14H14BrNO2S. The van der Waals surface area contributed by atoms with E-state index in [4.69, 9.17) is 4.74 Å². The van der Waals surface area contributed by atoms with E-state index in [1.165, 1.54) is 16.9 Å². The molecule has 0 aliphatic carbocycles. The first-order chi connectivity index (χ1) is 9.24. The van der Waals surface area contributed by atoms with Gasteiger partial charge in [-0.15, -0.1) is 11.3 Å². The maximum absolute atomic E-state index is 12.0. The number of hydrogen-bond acceptors (Lipinski definition) is 3. The third kappa shape index (κ3) is 3.58. The van der Waals surface area contributed by atoms with Gasteiger partial charge in [0.15, 0.2) is 0 Å². The fourth-order valence-corrected chi connectivity index (χ4v) is 2.78. The number of thiophene rings is 1. The van der Waals surface area contributed by atoms with E-state index < -0.39 is 0 Å². The van der Waals surface area contributed by atoms with Crippen molar-refractivity contribution in [3.63, 3.8) is 0 Å². The first-order valence-corrected chi connectivity index (χ1v) is 7.78. The van der Waals surface area contributed by atoms with E-state index in [0.29, 0.717) is 17.2 Å². The molecule has 100 valence electrons. The van der Waals surface area contributed by atoms with Crippen LogP contribution in [0.3, 0.4) is 0 Å². The van der Waals surface area contributed by atoms with E-state index in [2.05, 4.69) is 21.2 Å². The lowest BCUT2D eigenvalue weighted by Gasteiger charge is -2.06. The Kier molecular flexibility index (Phi) is 4.99. The van der Waals surface area contributed by atoms with Gasteiger partial charge < -0.3 is 10.1 Å². The highest BCUT2D eigenvalue weighted by Crippen LogP contribution is 2.24. The van der Waals surface area contributed by atoms with Crippen LogP contribution in [0.15, 0.2) is 35.7 Å². The average Bonchev–Trinajstić information content (AvgIpc) is 2.93. The van der Waals surface area contributed by atoms with Crippen molar-refractivity contribution in [2.24, 2.45) is 0 Å². The van der Waals surface area contributed by atoms with E-state index in [1.54, 1.807) is 13.2 Å². The molecule has 0 aliphatic rings. The topological polar surface area (TPSA) is 38.3 Å². The number of hydrogen-bond donors (Lipinski definition) is 1. The van der Waals surface area contributed by atoms with Gasteiger partial charge in [0.2, 0.25) is 0 Å². The summed E-state index contributed by atoms with van der Waals surface area (Å²) in [5.74, 6) is 0.522. The Morgan fingerprint density at radius 1 is 1.26 bits per heavy atom. The number of carbonyl (C=O) groups excluding carboxylic acids is 1. The fourth-order valence-electron chi connectivity index (χ4n) is 1.63. The summed E-state index contributed by atoms with van der Waals surface area (Å²) >= 11 is 4.78. The zero-order chi connectivity index (χ0) is 13.7. The van der Waals surface area contributed by atoms with Crippen LogP contribution in [-0.2, 0) is 11.9 Å².